The molecule has 0 aliphatic carbocycles. The van der Waals surface area contributed by atoms with E-state index >= 15 is 0 Å². The molecule has 17 heavy (non-hydrogen) atoms. The summed E-state index contributed by atoms with van der Waals surface area (Å²) < 4.78 is 5.32. The molecule has 0 radical (unpaired) electrons. The van der Waals surface area contributed by atoms with E-state index in [1.165, 1.54) is 6.33 Å². The van der Waals surface area contributed by atoms with Gasteiger partial charge in [-0.05, 0) is 19.1 Å². The first-order valence-corrected chi connectivity index (χ1v) is 5.28. The molecule has 0 fully saturated rings. The number of fused-ring (bicyclic) bond motifs is 1. The molecule has 3 aromatic heterocycles. The van der Waals surface area contributed by atoms with E-state index in [2.05, 4.69) is 25.5 Å². The molecule has 0 saturated carbocycles. The number of hydrogen-bond donors (Lipinski definition) is 2. The number of rotatable bonds is 3. The van der Waals surface area contributed by atoms with Crippen LogP contribution in [0.4, 0.5) is 5.82 Å². The lowest BCUT2D eigenvalue weighted by molar-refractivity contribution is 0.615. The highest BCUT2D eigenvalue weighted by molar-refractivity contribution is 5.87. The molecule has 2 N–H and O–H groups in total. The Labute approximate surface area is 97.1 Å². The molecular weight excluding hydrogens is 218 g/mol. The van der Waals surface area contributed by atoms with Gasteiger partial charge in [0, 0.05) is 6.20 Å². The second kappa shape index (κ2) is 3.89. The molecule has 0 amide bonds. The first-order chi connectivity index (χ1) is 8.34. The fourth-order valence-electron chi connectivity index (χ4n) is 1.71. The van der Waals surface area contributed by atoms with Gasteiger partial charge in [0.15, 0.2) is 0 Å². The average molecular weight is 229 g/mol. The van der Waals surface area contributed by atoms with Gasteiger partial charge in [-0.1, -0.05) is 0 Å². The van der Waals surface area contributed by atoms with Crippen molar-refractivity contribution in [1.29, 1.82) is 0 Å². The fraction of sp³-hybridized carbons (Fsp3) is 0.182. The van der Waals surface area contributed by atoms with Crippen LogP contribution in [0.1, 0.15) is 18.8 Å². The Kier molecular flexibility index (Phi) is 2.25. The van der Waals surface area contributed by atoms with Gasteiger partial charge >= 0.3 is 0 Å². The third-order valence-corrected chi connectivity index (χ3v) is 2.58. The molecule has 0 bridgehead atoms. The molecule has 1 unspecified atom stereocenters. The number of furan rings is 1. The number of aromatic amines is 1. The van der Waals surface area contributed by atoms with Gasteiger partial charge in [-0.2, -0.15) is 5.10 Å². The monoisotopic (exact) mass is 229 g/mol. The number of pyridine rings is 1. The number of nitrogens with one attached hydrogen (secondary N) is 2. The van der Waals surface area contributed by atoms with Gasteiger partial charge in [-0.25, -0.2) is 9.97 Å². The maximum atomic E-state index is 5.32. The zero-order valence-corrected chi connectivity index (χ0v) is 9.21. The second-order valence-corrected chi connectivity index (χ2v) is 3.73. The zero-order valence-electron chi connectivity index (χ0n) is 9.21. The maximum absolute atomic E-state index is 5.32. The minimum Gasteiger partial charge on any atom is -0.464 e. The van der Waals surface area contributed by atoms with Crippen LogP contribution in [0.5, 0.6) is 0 Å². The SMILES string of the molecule is CC(Nc1nccc2occc12)c1ncn[nH]1. The van der Waals surface area contributed by atoms with Gasteiger partial charge < -0.3 is 9.73 Å². The van der Waals surface area contributed by atoms with E-state index in [-0.39, 0.29) is 6.04 Å². The predicted molar refractivity (Wildman–Crippen MR) is 62.4 cm³/mol. The van der Waals surface area contributed by atoms with Gasteiger partial charge in [0.05, 0.1) is 17.7 Å². The Morgan fingerprint density at radius 1 is 1.35 bits per heavy atom. The van der Waals surface area contributed by atoms with E-state index in [0.29, 0.717) is 0 Å². The van der Waals surface area contributed by atoms with Crippen molar-refractivity contribution >= 4 is 16.8 Å². The molecule has 3 rings (SSSR count). The van der Waals surface area contributed by atoms with Crippen molar-refractivity contribution in [3.05, 3.63) is 36.7 Å². The van der Waals surface area contributed by atoms with E-state index in [9.17, 15) is 0 Å². The molecule has 0 aliphatic heterocycles. The standard InChI is InChI=1S/C11H11N5O/c1-7(10-13-6-14-16-10)15-11-8-3-5-17-9(8)2-4-12-11/h2-7H,1H3,(H,12,15)(H,13,14,16). The smallest absolute Gasteiger partial charge is 0.146 e. The van der Waals surface area contributed by atoms with Crippen molar-refractivity contribution in [2.24, 2.45) is 0 Å². The topological polar surface area (TPSA) is 79.6 Å². The van der Waals surface area contributed by atoms with Gasteiger partial charge in [0.2, 0.25) is 0 Å². The zero-order chi connectivity index (χ0) is 11.7. The lowest BCUT2D eigenvalue weighted by Gasteiger charge is -2.11. The Bertz CT molecular complexity index is 616. The molecule has 6 nitrogen and oxygen atoms in total. The van der Waals surface area contributed by atoms with Crippen LogP contribution in [0.15, 0.2) is 35.3 Å². The maximum Gasteiger partial charge on any atom is 0.146 e. The molecular formula is C11H11N5O. The highest BCUT2D eigenvalue weighted by Crippen LogP contribution is 2.24. The van der Waals surface area contributed by atoms with E-state index < -0.39 is 0 Å². The summed E-state index contributed by atoms with van der Waals surface area (Å²) in [6.45, 7) is 1.99. The van der Waals surface area contributed by atoms with Crippen LogP contribution in [0.25, 0.3) is 11.0 Å². The largest absolute Gasteiger partial charge is 0.464 e. The molecule has 0 saturated heterocycles. The van der Waals surface area contributed by atoms with E-state index in [1.807, 2.05) is 19.1 Å². The van der Waals surface area contributed by atoms with Crippen LogP contribution >= 0.6 is 0 Å². The third-order valence-electron chi connectivity index (χ3n) is 2.58. The van der Waals surface area contributed by atoms with Crippen molar-refractivity contribution in [3.8, 4) is 0 Å². The first-order valence-electron chi connectivity index (χ1n) is 5.28. The van der Waals surface area contributed by atoms with Gasteiger partial charge in [0.25, 0.3) is 0 Å². The Balaban J connectivity index is 1.92. The quantitative estimate of drug-likeness (QED) is 0.719. The van der Waals surface area contributed by atoms with Crippen LogP contribution in [0, 0.1) is 0 Å². The van der Waals surface area contributed by atoms with E-state index in [1.54, 1.807) is 12.5 Å². The average Bonchev–Trinajstić information content (AvgIpc) is 3.00. The molecule has 1 atom stereocenters. The number of anilines is 1. The molecule has 3 heterocycles. The summed E-state index contributed by atoms with van der Waals surface area (Å²) in [6, 6.07) is 3.72. The van der Waals surface area contributed by atoms with Crippen molar-refractivity contribution < 1.29 is 4.42 Å². The highest BCUT2D eigenvalue weighted by atomic mass is 16.3. The van der Waals surface area contributed by atoms with Crippen molar-refractivity contribution in [2.45, 2.75) is 13.0 Å². The minimum absolute atomic E-state index is 0.00509. The van der Waals surface area contributed by atoms with Crippen molar-refractivity contribution in [2.75, 3.05) is 5.32 Å². The summed E-state index contributed by atoms with van der Waals surface area (Å²) in [5.41, 5.74) is 0.812. The molecule has 0 aliphatic rings. The summed E-state index contributed by atoms with van der Waals surface area (Å²) in [7, 11) is 0. The van der Waals surface area contributed by atoms with E-state index in [4.69, 9.17) is 4.42 Å². The number of aromatic nitrogens is 4. The molecule has 3 aromatic rings. The van der Waals surface area contributed by atoms with Gasteiger partial charge in [-0.15, -0.1) is 0 Å². The number of hydrogen-bond acceptors (Lipinski definition) is 5. The summed E-state index contributed by atoms with van der Waals surface area (Å²) in [6.07, 6.45) is 4.84. The summed E-state index contributed by atoms with van der Waals surface area (Å²) >= 11 is 0. The van der Waals surface area contributed by atoms with Crippen LogP contribution in [-0.4, -0.2) is 20.2 Å². The fourth-order valence-corrected chi connectivity index (χ4v) is 1.71. The summed E-state index contributed by atoms with van der Waals surface area (Å²) in [5, 5.41) is 10.9. The Hall–Kier alpha value is -2.37. The van der Waals surface area contributed by atoms with Gasteiger partial charge in [-0.3, -0.25) is 5.10 Å². The molecule has 0 aromatic carbocycles. The van der Waals surface area contributed by atoms with Crippen LogP contribution in [-0.2, 0) is 0 Å². The first kappa shape index (κ1) is 9.83. The van der Waals surface area contributed by atoms with Crippen molar-refractivity contribution in [3.63, 3.8) is 0 Å². The Morgan fingerprint density at radius 2 is 2.29 bits per heavy atom. The van der Waals surface area contributed by atoms with E-state index in [0.717, 1.165) is 22.6 Å². The van der Waals surface area contributed by atoms with Crippen molar-refractivity contribution in [1.82, 2.24) is 20.2 Å². The molecule has 6 heteroatoms. The third kappa shape index (κ3) is 1.73. The summed E-state index contributed by atoms with van der Waals surface area (Å²) in [4.78, 5) is 8.40. The van der Waals surface area contributed by atoms with Gasteiger partial charge in [0.1, 0.15) is 23.6 Å². The number of nitrogens with zero attached hydrogens (tertiary/aromatic N) is 3. The van der Waals surface area contributed by atoms with Crippen LogP contribution < -0.4 is 5.32 Å². The summed E-state index contributed by atoms with van der Waals surface area (Å²) in [5.74, 6) is 1.55. The Morgan fingerprint density at radius 3 is 3.12 bits per heavy atom. The van der Waals surface area contributed by atoms with Crippen LogP contribution in [0.3, 0.4) is 0 Å². The molecule has 86 valence electrons. The highest BCUT2D eigenvalue weighted by Gasteiger charge is 2.11. The number of H-pyrrole nitrogens is 1. The van der Waals surface area contributed by atoms with Crippen LogP contribution in [0.2, 0.25) is 0 Å². The lowest BCUT2D eigenvalue weighted by Crippen LogP contribution is -2.09. The predicted octanol–water partition coefficient (Wildman–Crippen LogP) is 2.12. The minimum atomic E-state index is 0.00509. The molecule has 0 spiro atoms. The lowest BCUT2D eigenvalue weighted by atomic mass is 10.2. The second-order valence-electron chi connectivity index (χ2n) is 3.73. The normalized spacial score (nSPS) is 12.8.